The van der Waals surface area contributed by atoms with Gasteiger partial charge in [-0.05, 0) is 13.0 Å². The van der Waals surface area contributed by atoms with Gasteiger partial charge in [0.15, 0.2) is 12.2 Å². The monoisotopic (exact) mass is 332 g/mol. The van der Waals surface area contributed by atoms with E-state index in [-0.39, 0.29) is 83.2 Å². The Hall–Kier alpha value is -1.26. The van der Waals surface area contributed by atoms with Gasteiger partial charge in [-0.15, -0.1) is 0 Å². The predicted molar refractivity (Wildman–Crippen MR) is 72.4 cm³/mol. The van der Waals surface area contributed by atoms with E-state index in [2.05, 4.69) is 5.32 Å². The molecule has 0 unspecified atom stereocenters. The fourth-order valence-electron chi connectivity index (χ4n) is 1.75. The number of carbonyl (C=O) groups excluding carboxylic acids is 2. The molecule has 112 valence electrons. The number of anilines is 1. The Morgan fingerprint density at radius 1 is 1.55 bits per heavy atom. The molecule has 0 saturated carbocycles. The SMILES string of the molecule is CCOC(=O)C1=C(Nc2cccc([N+](=O)[O-])c2)OCC1=O.[H-].[K+]. The number of nitro groups is 1. The smallest absolute Gasteiger partial charge is 1.00 e. The Labute approximate surface area is 169 Å². The van der Waals surface area contributed by atoms with Crippen LogP contribution in [0.5, 0.6) is 0 Å². The first kappa shape index (κ1) is 18.8. The van der Waals surface area contributed by atoms with Crippen LogP contribution in [-0.2, 0) is 19.1 Å². The van der Waals surface area contributed by atoms with Crippen molar-refractivity contribution in [1.82, 2.24) is 0 Å². The molecule has 1 aromatic carbocycles. The molecule has 0 aromatic heterocycles. The van der Waals surface area contributed by atoms with Crippen molar-refractivity contribution >= 4 is 23.1 Å². The summed E-state index contributed by atoms with van der Waals surface area (Å²) in [7, 11) is 0. The van der Waals surface area contributed by atoms with Crippen molar-refractivity contribution in [3.05, 3.63) is 45.8 Å². The normalized spacial score (nSPS) is 13.2. The van der Waals surface area contributed by atoms with Crippen molar-refractivity contribution in [2.24, 2.45) is 0 Å². The third-order valence-electron chi connectivity index (χ3n) is 2.65. The summed E-state index contributed by atoms with van der Waals surface area (Å²) in [4.78, 5) is 33.5. The molecule has 0 bridgehead atoms. The summed E-state index contributed by atoms with van der Waals surface area (Å²) in [5, 5.41) is 13.4. The van der Waals surface area contributed by atoms with E-state index in [1.165, 1.54) is 18.2 Å². The zero-order valence-corrected chi connectivity index (χ0v) is 15.2. The van der Waals surface area contributed by atoms with Crippen LogP contribution in [0.3, 0.4) is 0 Å². The molecule has 0 atom stereocenters. The van der Waals surface area contributed by atoms with Gasteiger partial charge in [-0.25, -0.2) is 4.79 Å². The van der Waals surface area contributed by atoms with E-state index in [0.717, 1.165) is 0 Å². The molecule has 1 aromatic rings. The average Bonchev–Trinajstić information content (AvgIpc) is 2.80. The molecule has 0 radical (unpaired) electrons. The largest absolute Gasteiger partial charge is 1.00 e. The van der Waals surface area contributed by atoms with Crippen LogP contribution >= 0.6 is 0 Å². The van der Waals surface area contributed by atoms with E-state index in [9.17, 15) is 19.7 Å². The first-order valence-electron chi connectivity index (χ1n) is 6.11. The predicted octanol–water partition coefficient (Wildman–Crippen LogP) is -1.50. The standard InChI is InChI=1S/C13H12N2O6.K.H/c1-2-20-13(17)11-10(16)7-21-12(11)14-8-4-3-5-9(6-8)15(18)19;;/h3-6,14H,2,7H2,1H3;;/q;+1;-1. The van der Waals surface area contributed by atoms with Crippen molar-refractivity contribution < 1.29 is 76.8 Å². The minimum absolute atomic E-state index is 0. The number of carbonyl (C=O) groups is 2. The second-order valence-corrected chi connectivity index (χ2v) is 4.07. The average molecular weight is 332 g/mol. The molecule has 0 amide bonds. The number of Topliss-reactive ketones (excluding diaryl/α,β-unsaturated/α-hetero) is 1. The molecular formula is C13H13KN2O6. The fourth-order valence-corrected chi connectivity index (χ4v) is 1.75. The zero-order valence-electron chi connectivity index (χ0n) is 13.1. The number of ether oxygens (including phenoxy) is 2. The molecule has 2 rings (SSSR count). The minimum Gasteiger partial charge on any atom is -1.00 e. The van der Waals surface area contributed by atoms with Crippen LogP contribution < -0.4 is 56.7 Å². The summed E-state index contributed by atoms with van der Waals surface area (Å²) >= 11 is 0. The summed E-state index contributed by atoms with van der Waals surface area (Å²) in [6, 6.07) is 5.62. The van der Waals surface area contributed by atoms with Gasteiger partial charge >= 0.3 is 57.4 Å². The summed E-state index contributed by atoms with van der Waals surface area (Å²) in [6.07, 6.45) is 0. The van der Waals surface area contributed by atoms with Gasteiger partial charge in [0.25, 0.3) is 5.69 Å². The maximum absolute atomic E-state index is 11.7. The molecule has 9 heteroatoms. The van der Waals surface area contributed by atoms with Gasteiger partial charge in [-0.2, -0.15) is 0 Å². The van der Waals surface area contributed by atoms with E-state index < -0.39 is 16.7 Å². The number of rotatable bonds is 5. The van der Waals surface area contributed by atoms with Crippen LogP contribution in [0.1, 0.15) is 8.35 Å². The number of nitro benzene ring substituents is 1. The van der Waals surface area contributed by atoms with E-state index >= 15 is 0 Å². The number of nitrogens with one attached hydrogen (secondary N) is 1. The Kier molecular flexibility index (Phi) is 7.16. The first-order chi connectivity index (χ1) is 10.0. The van der Waals surface area contributed by atoms with Crippen LogP contribution in [-0.4, -0.2) is 29.9 Å². The summed E-state index contributed by atoms with van der Waals surface area (Å²) in [5.41, 5.74) is -0.0123. The van der Waals surface area contributed by atoms with Crippen molar-refractivity contribution in [2.45, 2.75) is 6.92 Å². The van der Waals surface area contributed by atoms with Crippen LogP contribution in [0.2, 0.25) is 0 Å². The summed E-state index contributed by atoms with van der Waals surface area (Å²) in [6.45, 7) is 1.47. The van der Waals surface area contributed by atoms with Gasteiger partial charge in [0.2, 0.25) is 11.7 Å². The molecule has 1 N–H and O–H groups in total. The number of non-ortho nitro benzene ring substituents is 1. The van der Waals surface area contributed by atoms with E-state index in [1.807, 2.05) is 0 Å². The van der Waals surface area contributed by atoms with Crippen LogP contribution in [0.15, 0.2) is 35.7 Å². The fraction of sp³-hybridized carbons (Fsp3) is 0.231. The molecule has 0 aliphatic carbocycles. The van der Waals surface area contributed by atoms with E-state index in [0.29, 0.717) is 5.69 Å². The molecule has 1 heterocycles. The second-order valence-electron chi connectivity index (χ2n) is 4.07. The molecule has 0 fully saturated rings. The first-order valence-corrected chi connectivity index (χ1v) is 6.11. The van der Waals surface area contributed by atoms with Gasteiger partial charge in [-0.3, -0.25) is 14.9 Å². The number of benzene rings is 1. The van der Waals surface area contributed by atoms with E-state index in [4.69, 9.17) is 9.47 Å². The second kappa shape index (κ2) is 8.39. The third-order valence-corrected chi connectivity index (χ3v) is 2.65. The van der Waals surface area contributed by atoms with Crippen molar-refractivity contribution in [3.8, 4) is 0 Å². The van der Waals surface area contributed by atoms with E-state index in [1.54, 1.807) is 13.0 Å². The number of hydrogen-bond acceptors (Lipinski definition) is 7. The topological polar surface area (TPSA) is 108 Å². The van der Waals surface area contributed by atoms with Gasteiger partial charge in [0.05, 0.1) is 11.5 Å². The molecule has 1 aliphatic rings. The van der Waals surface area contributed by atoms with Gasteiger partial charge < -0.3 is 16.2 Å². The Morgan fingerprint density at radius 3 is 2.91 bits per heavy atom. The van der Waals surface area contributed by atoms with Crippen molar-refractivity contribution in [2.75, 3.05) is 18.5 Å². The van der Waals surface area contributed by atoms with Gasteiger partial charge in [0.1, 0.15) is 0 Å². The molecule has 0 saturated heterocycles. The maximum Gasteiger partial charge on any atom is 1.00 e. The number of hydrogen-bond donors (Lipinski definition) is 1. The molecule has 8 nitrogen and oxygen atoms in total. The molecular weight excluding hydrogens is 319 g/mol. The van der Waals surface area contributed by atoms with Gasteiger partial charge in [0, 0.05) is 17.8 Å². The zero-order chi connectivity index (χ0) is 15.4. The molecule has 22 heavy (non-hydrogen) atoms. The van der Waals surface area contributed by atoms with Crippen molar-refractivity contribution in [3.63, 3.8) is 0 Å². The number of ketones is 1. The minimum atomic E-state index is -0.784. The Bertz CT molecular complexity index is 649. The van der Waals surface area contributed by atoms with Crippen LogP contribution in [0, 0.1) is 10.1 Å². The van der Waals surface area contributed by atoms with Crippen molar-refractivity contribution in [1.29, 1.82) is 0 Å². The molecule has 0 spiro atoms. The summed E-state index contributed by atoms with van der Waals surface area (Å²) in [5.74, 6) is -1.34. The van der Waals surface area contributed by atoms with Crippen LogP contribution in [0.4, 0.5) is 11.4 Å². The molecule has 1 aliphatic heterocycles. The van der Waals surface area contributed by atoms with Crippen LogP contribution in [0.25, 0.3) is 0 Å². The number of nitrogens with zero attached hydrogens (tertiary/aromatic N) is 1. The third kappa shape index (κ3) is 4.37. The summed E-state index contributed by atoms with van der Waals surface area (Å²) < 4.78 is 9.88. The maximum atomic E-state index is 11.7. The Balaban J connectivity index is 0.00000242. The quantitative estimate of drug-likeness (QED) is 0.230. The van der Waals surface area contributed by atoms with Gasteiger partial charge in [-0.1, -0.05) is 6.07 Å². The number of esters is 1. The Morgan fingerprint density at radius 2 is 2.27 bits per heavy atom.